The summed E-state index contributed by atoms with van der Waals surface area (Å²) in [6.45, 7) is 1.77. The van der Waals surface area contributed by atoms with Gasteiger partial charge in [-0.3, -0.25) is 4.90 Å². The van der Waals surface area contributed by atoms with Crippen molar-refractivity contribution in [2.75, 3.05) is 47.3 Å². The van der Waals surface area contributed by atoms with Gasteiger partial charge in [0.1, 0.15) is 17.1 Å². The lowest BCUT2D eigenvalue weighted by atomic mass is 10.1. The summed E-state index contributed by atoms with van der Waals surface area (Å²) in [5, 5.41) is 19.6. The molecule has 1 fully saturated rings. The monoisotopic (exact) mass is 417 g/mol. The van der Waals surface area contributed by atoms with Gasteiger partial charge in [0.25, 0.3) is 0 Å². The van der Waals surface area contributed by atoms with Gasteiger partial charge in [-0.25, -0.2) is 0 Å². The molecule has 1 aliphatic heterocycles. The zero-order chi connectivity index (χ0) is 21.4. The average Bonchev–Trinajstić information content (AvgIpc) is 2.77. The zero-order valence-corrected chi connectivity index (χ0v) is 17.6. The molecule has 0 saturated carbocycles. The molecule has 30 heavy (non-hydrogen) atoms. The third kappa shape index (κ3) is 5.93. The van der Waals surface area contributed by atoms with E-state index in [0.29, 0.717) is 26.3 Å². The van der Waals surface area contributed by atoms with Crippen molar-refractivity contribution >= 4 is 0 Å². The number of hydrogen-bond acceptors (Lipinski definition) is 7. The van der Waals surface area contributed by atoms with Crippen molar-refractivity contribution in [2.24, 2.45) is 0 Å². The Morgan fingerprint density at radius 3 is 2.30 bits per heavy atom. The number of aliphatic hydroxyl groups is 2. The van der Waals surface area contributed by atoms with Crippen LogP contribution in [0.4, 0.5) is 0 Å². The van der Waals surface area contributed by atoms with Gasteiger partial charge in [0.15, 0.2) is 0 Å². The number of ether oxygens (including phenoxy) is 4. The van der Waals surface area contributed by atoms with Crippen LogP contribution < -0.4 is 9.47 Å². The maximum atomic E-state index is 10.3. The van der Waals surface area contributed by atoms with Crippen LogP contribution in [0.2, 0.25) is 0 Å². The lowest BCUT2D eigenvalue weighted by molar-refractivity contribution is -0.152. The van der Waals surface area contributed by atoms with Gasteiger partial charge in [0, 0.05) is 24.7 Å². The van der Waals surface area contributed by atoms with Crippen LogP contribution >= 0.6 is 0 Å². The van der Waals surface area contributed by atoms with Crippen LogP contribution in [0.25, 0.3) is 0 Å². The maximum Gasteiger partial charge on any atom is 0.134 e. The Hall–Kier alpha value is -2.16. The van der Waals surface area contributed by atoms with Gasteiger partial charge in [-0.15, -0.1) is 0 Å². The topological polar surface area (TPSA) is 80.6 Å². The second-order valence-corrected chi connectivity index (χ2v) is 7.63. The molecule has 0 atom stereocenters. The molecule has 0 aromatic heterocycles. The first-order valence-electron chi connectivity index (χ1n) is 10.0. The third-order valence-corrected chi connectivity index (χ3v) is 5.27. The molecule has 164 valence electrons. The molecule has 2 N–H and O–H groups in total. The Balaban J connectivity index is 1.80. The van der Waals surface area contributed by atoms with E-state index in [4.69, 9.17) is 18.9 Å². The first-order valence-corrected chi connectivity index (χ1v) is 10.0. The van der Waals surface area contributed by atoms with E-state index in [1.165, 1.54) is 5.56 Å². The summed E-state index contributed by atoms with van der Waals surface area (Å²) in [5.41, 5.74) is 0.857. The predicted molar refractivity (Wildman–Crippen MR) is 113 cm³/mol. The summed E-state index contributed by atoms with van der Waals surface area (Å²) in [4.78, 5) is 2.28. The van der Waals surface area contributed by atoms with Gasteiger partial charge in [-0.1, -0.05) is 36.4 Å². The summed E-state index contributed by atoms with van der Waals surface area (Å²) < 4.78 is 22.4. The minimum absolute atomic E-state index is 0.0275. The molecule has 1 saturated heterocycles. The summed E-state index contributed by atoms with van der Waals surface area (Å²) in [6.07, 6.45) is 0. The molecule has 0 unspecified atom stereocenters. The Labute approximate surface area is 177 Å². The van der Waals surface area contributed by atoms with E-state index in [9.17, 15) is 10.2 Å². The lowest BCUT2D eigenvalue weighted by Crippen LogP contribution is -2.50. The van der Waals surface area contributed by atoms with E-state index in [-0.39, 0.29) is 19.3 Å². The molecule has 7 heteroatoms. The van der Waals surface area contributed by atoms with E-state index in [0.717, 1.165) is 17.1 Å². The Kier molecular flexibility index (Phi) is 8.07. The molecular formula is C23H31NO6. The number of nitrogens with zero attached hydrogens (tertiary/aromatic N) is 1. The molecule has 1 aliphatic rings. The highest BCUT2D eigenvalue weighted by Crippen LogP contribution is 2.27. The van der Waals surface area contributed by atoms with Crippen LogP contribution in [0.1, 0.15) is 11.1 Å². The van der Waals surface area contributed by atoms with Crippen molar-refractivity contribution in [1.82, 2.24) is 4.90 Å². The highest BCUT2D eigenvalue weighted by Gasteiger charge is 2.32. The summed E-state index contributed by atoms with van der Waals surface area (Å²) >= 11 is 0. The molecule has 1 heterocycles. The fourth-order valence-corrected chi connectivity index (χ4v) is 3.50. The SMILES string of the molecule is COc1ccc(CN(Cc2ccccc2)C2COCC(O)(CO)COC2)c(OC)c1. The van der Waals surface area contributed by atoms with Gasteiger partial charge in [-0.2, -0.15) is 0 Å². The molecule has 2 aromatic rings. The van der Waals surface area contributed by atoms with E-state index in [1.54, 1.807) is 14.2 Å². The molecular weight excluding hydrogens is 386 g/mol. The second kappa shape index (κ2) is 10.7. The lowest BCUT2D eigenvalue weighted by Gasteiger charge is -2.36. The quantitative estimate of drug-likeness (QED) is 0.678. The van der Waals surface area contributed by atoms with Crippen molar-refractivity contribution < 1.29 is 29.2 Å². The number of aliphatic hydroxyl groups excluding tert-OH is 1. The van der Waals surface area contributed by atoms with Crippen LogP contribution in [0.3, 0.4) is 0 Å². The normalized spacial score (nSPS) is 22.4. The number of benzene rings is 2. The van der Waals surface area contributed by atoms with Crippen molar-refractivity contribution in [2.45, 2.75) is 24.7 Å². The minimum atomic E-state index is -1.35. The number of rotatable bonds is 8. The van der Waals surface area contributed by atoms with Crippen molar-refractivity contribution in [3.05, 3.63) is 59.7 Å². The van der Waals surface area contributed by atoms with Crippen LogP contribution in [0.5, 0.6) is 11.5 Å². The molecule has 0 radical (unpaired) electrons. The van der Waals surface area contributed by atoms with Crippen LogP contribution in [-0.4, -0.2) is 74.0 Å². The van der Waals surface area contributed by atoms with Crippen LogP contribution in [0, 0.1) is 0 Å². The van der Waals surface area contributed by atoms with E-state index in [1.807, 2.05) is 36.4 Å². The number of hydrogen-bond donors (Lipinski definition) is 2. The average molecular weight is 418 g/mol. The van der Waals surface area contributed by atoms with Gasteiger partial charge >= 0.3 is 0 Å². The fourth-order valence-electron chi connectivity index (χ4n) is 3.50. The van der Waals surface area contributed by atoms with E-state index >= 15 is 0 Å². The molecule has 0 spiro atoms. The van der Waals surface area contributed by atoms with Crippen LogP contribution in [-0.2, 0) is 22.6 Å². The van der Waals surface area contributed by atoms with E-state index < -0.39 is 12.2 Å². The highest BCUT2D eigenvalue weighted by atomic mass is 16.5. The van der Waals surface area contributed by atoms with Gasteiger partial charge < -0.3 is 29.2 Å². The smallest absolute Gasteiger partial charge is 0.134 e. The maximum absolute atomic E-state index is 10.3. The molecule has 2 aromatic carbocycles. The molecule has 0 aliphatic carbocycles. The van der Waals surface area contributed by atoms with E-state index in [2.05, 4.69) is 17.0 Å². The van der Waals surface area contributed by atoms with Crippen molar-refractivity contribution in [3.8, 4) is 11.5 Å². The predicted octanol–water partition coefficient (Wildman–Crippen LogP) is 1.84. The first kappa shape index (κ1) is 22.5. The first-order chi connectivity index (χ1) is 14.6. The Morgan fingerprint density at radius 1 is 1.00 bits per heavy atom. The fraction of sp³-hybridized carbons (Fsp3) is 0.478. The molecule has 7 nitrogen and oxygen atoms in total. The van der Waals surface area contributed by atoms with Crippen LogP contribution in [0.15, 0.2) is 48.5 Å². The standard InChI is InChI=1S/C23H31NO6/c1-27-21-9-8-19(22(10-21)28-2)12-24(11-18-6-4-3-5-7-18)20-13-29-16-23(26,15-25)17-30-14-20/h3-10,20,25-26H,11-17H2,1-2H3. The number of methoxy groups -OCH3 is 2. The Bertz CT molecular complexity index is 775. The molecule has 3 rings (SSSR count). The van der Waals surface area contributed by atoms with Crippen molar-refractivity contribution in [1.29, 1.82) is 0 Å². The van der Waals surface area contributed by atoms with Gasteiger partial charge in [-0.05, 0) is 11.6 Å². The molecule has 0 bridgehead atoms. The summed E-state index contributed by atoms with van der Waals surface area (Å²) in [6, 6.07) is 16.0. The second-order valence-electron chi connectivity index (χ2n) is 7.63. The minimum Gasteiger partial charge on any atom is -0.497 e. The zero-order valence-electron chi connectivity index (χ0n) is 17.6. The molecule has 0 amide bonds. The van der Waals surface area contributed by atoms with Gasteiger partial charge in [0.05, 0.1) is 53.3 Å². The third-order valence-electron chi connectivity index (χ3n) is 5.27. The largest absolute Gasteiger partial charge is 0.497 e. The highest BCUT2D eigenvalue weighted by molar-refractivity contribution is 5.40. The van der Waals surface area contributed by atoms with Crippen molar-refractivity contribution in [3.63, 3.8) is 0 Å². The van der Waals surface area contributed by atoms with Gasteiger partial charge in [0.2, 0.25) is 0 Å². The Morgan fingerprint density at radius 2 is 1.70 bits per heavy atom. The summed E-state index contributed by atoms with van der Waals surface area (Å²) in [7, 11) is 3.28. The summed E-state index contributed by atoms with van der Waals surface area (Å²) in [5.74, 6) is 1.50.